The molecule has 0 radical (unpaired) electrons. The largest absolute Gasteiger partial charge is 0.336 e. The van der Waals surface area contributed by atoms with E-state index in [0.29, 0.717) is 16.9 Å². The lowest BCUT2D eigenvalue weighted by Gasteiger charge is -2.33. The minimum absolute atomic E-state index is 0.0555. The number of likely N-dealkylation sites (tertiary alicyclic amines) is 1. The second-order valence-corrected chi connectivity index (χ2v) is 7.94. The predicted molar refractivity (Wildman–Crippen MR) is 110 cm³/mol. The Kier molecular flexibility index (Phi) is 5.89. The molecule has 8 heteroatoms. The van der Waals surface area contributed by atoms with Gasteiger partial charge in [-0.1, -0.05) is 5.21 Å². The van der Waals surface area contributed by atoms with Gasteiger partial charge in [0.1, 0.15) is 0 Å². The molecule has 3 heterocycles. The summed E-state index contributed by atoms with van der Waals surface area (Å²) in [5.41, 5.74) is 1.58. The number of aromatic nitrogens is 3. The molecule has 2 amide bonds. The summed E-state index contributed by atoms with van der Waals surface area (Å²) in [6.45, 7) is 4.81. The van der Waals surface area contributed by atoms with Crippen molar-refractivity contribution in [1.82, 2.24) is 25.2 Å². The SMILES string of the molecule is CC1CCCCN1C(=O)c1ccc(NC(=O)c2cn(C3CCNCC3)nn2)cc1. The molecule has 29 heavy (non-hydrogen) atoms. The lowest BCUT2D eigenvalue weighted by atomic mass is 10.0. The summed E-state index contributed by atoms with van der Waals surface area (Å²) in [7, 11) is 0. The number of hydrogen-bond donors (Lipinski definition) is 2. The highest BCUT2D eigenvalue weighted by atomic mass is 16.2. The topological polar surface area (TPSA) is 92.2 Å². The van der Waals surface area contributed by atoms with Crippen molar-refractivity contribution in [1.29, 1.82) is 0 Å². The van der Waals surface area contributed by atoms with E-state index in [0.717, 1.165) is 45.3 Å². The van der Waals surface area contributed by atoms with E-state index in [2.05, 4.69) is 27.9 Å². The number of benzene rings is 1. The molecule has 4 rings (SSSR count). The normalized spacial score (nSPS) is 20.4. The summed E-state index contributed by atoms with van der Waals surface area (Å²) in [5, 5.41) is 14.3. The van der Waals surface area contributed by atoms with E-state index in [1.165, 1.54) is 6.42 Å². The molecule has 2 N–H and O–H groups in total. The maximum atomic E-state index is 12.7. The van der Waals surface area contributed by atoms with Crippen LogP contribution in [-0.2, 0) is 0 Å². The molecule has 1 atom stereocenters. The molecule has 0 bridgehead atoms. The zero-order chi connectivity index (χ0) is 20.2. The van der Waals surface area contributed by atoms with Crippen LogP contribution in [0.2, 0.25) is 0 Å². The molecule has 1 unspecified atom stereocenters. The molecule has 1 aromatic heterocycles. The Hall–Kier alpha value is -2.74. The van der Waals surface area contributed by atoms with Gasteiger partial charge in [-0.15, -0.1) is 5.10 Å². The first-order chi connectivity index (χ1) is 14.1. The van der Waals surface area contributed by atoms with E-state index >= 15 is 0 Å². The van der Waals surface area contributed by atoms with E-state index in [9.17, 15) is 9.59 Å². The zero-order valence-electron chi connectivity index (χ0n) is 16.8. The number of rotatable bonds is 4. The van der Waals surface area contributed by atoms with Crippen LogP contribution < -0.4 is 10.6 Å². The quantitative estimate of drug-likeness (QED) is 0.828. The van der Waals surface area contributed by atoms with Crippen LogP contribution in [0.4, 0.5) is 5.69 Å². The smallest absolute Gasteiger partial charge is 0.277 e. The molecule has 2 aliphatic heterocycles. The van der Waals surface area contributed by atoms with Gasteiger partial charge in [0.25, 0.3) is 11.8 Å². The van der Waals surface area contributed by atoms with E-state index in [1.54, 1.807) is 35.1 Å². The van der Waals surface area contributed by atoms with Gasteiger partial charge in [-0.2, -0.15) is 0 Å². The fourth-order valence-electron chi connectivity index (χ4n) is 4.09. The Morgan fingerprint density at radius 3 is 2.59 bits per heavy atom. The maximum Gasteiger partial charge on any atom is 0.277 e. The highest BCUT2D eigenvalue weighted by Gasteiger charge is 2.24. The lowest BCUT2D eigenvalue weighted by molar-refractivity contribution is 0.0635. The minimum atomic E-state index is -0.297. The first-order valence-electron chi connectivity index (χ1n) is 10.5. The number of hydrogen-bond acceptors (Lipinski definition) is 5. The molecular formula is C21H28N6O2. The molecule has 0 aliphatic carbocycles. The highest BCUT2D eigenvalue weighted by Crippen LogP contribution is 2.21. The van der Waals surface area contributed by atoms with Gasteiger partial charge < -0.3 is 15.5 Å². The number of carbonyl (C=O) groups is 2. The third-order valence-corrected chi connectivity index (χ3v) is 5.88. The summed E-state index contributed by atoms with van der Waals surface area (Å²) >= 11 is 0. The van der Waals surface area contributed by atoms with Crippen molar-refractivity contribution >= 4 is 17.5 Å². The van der Waals surface area contributed by atoms with Gasteiger partial charge >= 0.3 is 0 Å². The zero-order valence-corrected chi connectivity index (χ0v) is 16.8. The molecule has 0 spiro atoms. The van der Waals surface area contributed by atoms with Gasteiger partial charge in [-0.25, -0.2) is 4.68 Å². The standard InChI is InChI=1S/C21H28N6O2/c1-15-4-2-3-13-26(15)21(29)16-5-7-17(8-6-16)23-20(28)19-14-27(25-24-19)18-9-11-22-12-10-18/h5-8,14-15,18,22H,2-4,9-13H2,1H3,(H,23,28). The second kappa shape index (κ2) is 8.73. The lowest BCUT2D eigenvalue weighted by Crippen LogP contribution is -2.42. The summed E-state index contributed by atoms with van der Waals surface area (Å²) in [6, 6.07) is 7.62. The molecule has 2 aliphatic rings. The number of anilines is 1. The van der Waals surface area contributed by atoms with Crippen molar-refractivity contribution in [2.24, 2.45) is 0 Å². The van der Waals surface area contributed by atoms with Crippen LogP contribution in [0.3, 0.4) is 0 Å². The van der Waals surface area contributed by atoms with Crippen molar-refractivity contribution < 1.29 is 9.59 Å². The average molecular weight is 396 g/mol. The Morgan fingerprint density at radius 2 is 1.86 bits per heavy atom. The minimum Gasteiger partial charge on any atom is -0.336 e. The van der Waals surface area contributed by atoms with Crippen LogP contribution in [0.5, 0.6) is 0 Å². The molecule has 154 valence electrons. The van der Waals surface area contributed by atoms with E-state index < -0.39 is 0 Å². The number of carbonyl (C=O) groups excluding carboxylic acids is 2. The van der Waals surface area contributed by atoms with E-state index in [1.807, 2.05) is 4.90 Å². The Balaban J connectivity index is 1.37. The predicted octanol–water partition coefficient (Wildman–Crippen LogP) is 2.47. The molecule has 1 aromatic carbocycles. The van der Waals surface area contributed by atoms with Crippen molar-refractivity contribution in [3.05, 3.63) is 41.7 Å². The molecule has 8 nitrogen and oxygen atoms in total. The molecule has 0 saturated carbocycles. The first-order valence-corrected chi connectivity index (χ1v) is 10.5. The molecular weight excluding hydrogens is 368 g/mol. The van der Waals surface area contributed by atoms with Crippen LogP contribution in [-0.4, -0.2) is 57.4 Å². The van der Waals surface area contributed by atoms with Crippen LogP contribution in [0, 0.1) is 0 Å². The van der Waals surface area contributed by atoms with Gasteiger partial charge in [-0.3, -0.25) is 9.59 Å². The third kappa shape index (κ3) is 4.48. The van der Waals surface area contributed by atoms with Crippen molar-refractivity contribution in [3.8, 4) is 0 Å². The highest BCUT2D eigenvalue weighted by molar-refractivity contribution is 6.03. The third-order valence-electron chi connectivity index (χ3n) is 5.88. The Labute approximate surface area is 170 Å². The van der Waals surface area contributed by atoms with Crippen molar-refractivity contribution in [2.75, 3.05) is 25.0 Å². The fraction of sp³-hybridized carbons (Fsp3) is 0.524. The van der Waals surface area contributed by atoms with Gasteiger partial charge in [0.05, 0.1) is 12.2 Å². The van der Waals surface area contributed by atoms with Gasteiger partial charge in [0.15, 0.2) is 5.69 Å². The molecule has 2 fully saturated rings. The summed E-state index contributed by atoms with van der Waals surface area (Å²) in [5.74, 6) is -0.242. The number of nitrogens with zero attached hydrogens (tertiary/aromatic N) is 4. The summed E-state index contributed by atoms with van der Waals surface area (Å²) in [4.78, 5) is 27.2. The van der Waals surface area contributed by atoms with Crippen LogP contribution in [0.25, 0.3) is 0 Å². The van der Waals surface area contributed by atoms with Crippen LogP contribution in [0.1, 0.15) is 65.9 Å². The second-order valence-electron chi connectivity index (χ2n) is 7.94. The monoisotopic (exact) mass is 396 g/mol. The van der Waals surface area contributed by atoms with Crippen molar-refractivity contribution in [3.63, 3.8) is 0 Å². The number of nitrogens with one attached hydrogen (secondary N) is 2. The summed E-state index contributed by atoms with van der Waals surface area (Å²) < 4.78 is 1.79. The average Bonchev–Trinajstić information content (AvgIpc) is 3.25. The van der Waals surface area contributed by atoms with Gasteiger partial charge in [0.2, 0.25) is 0 Å². The van der Waals surface area contributed by atoms with E-state index in [-0.39, 0.29) is 23.9 Å². The summed E-state index contributed by atoms with van der Waals surface area (Å²) in [6.07, 6.45) is 6.96. The first kappa shape index (κ1) is 19.6. The number of amides is 2. The fourth-order valence-corrected chi connectivity index (χ4v) is 4.09. The Morgan fingerprint density at radius 1 is 1.10 bits per heavy atom. The van der Waals surface area contributed by atoms with Crippen LogP contribution in [0.15, 0.2) is 30.5 Å². The van der Waals surface area contributed by atoms with E-state index in [4.69, 9.17) is 0 Å². The maximum absolute atomic E-state index is 12.7. The van der Waals surface area contributed by atoms with Crippen molar-refractivity contribution in [2.45, 2.75) is 51.1 Å². The van der Waals surface area contributed by atoms with Gasteiger partial charge in [0, 0.05) is 23.8 Å². The number of piperidine rings is 2. The van der Waals surface area contributed by atoms with Crippen LogP contribution >= 0.6 is 0 Å². The Bertz CT molecular complexity index is 856. The molecule has 2 saturated heterocycles. The van der Waals surface area contributed by atoms with Gasteiger partial charge in [-0.05, 0) is 76.4 Å². The molecule has 2 aromatic rings.